The van der Waals surface area contributed by atoms with Gasteiger partial charge in [-0.1, -0.05) is 48.5 Å². The van der Waals surface area contributed by atoms with Crippen LogP contribution in [0.5, 0.6) is 0 Å². The number of benzene rings is 2. The maximum Gasteiger partial charge on any atom is 0.407 e. The minimum absolute atomic E-state index is 0.0114. The van der Waals surface area contributed by atoms with Crippen LogP contribution in [0.2, 0.25) is 0 Å². The van der Waals surface area contributed by atoms with Gasteiger partial charge >= 0.3 is 12.1 Å². The molecule has 2 aromatic carbocycles. The van der Waals surface area contributed by atoms with Crippen molar-refractivity contribution in [2.75, 3.05) is 39.5 Å². The number of likely N-dealkylation sites (tertiary alicyclic amines) is 1. The zero-order valence-corrected chi connectivity index (χ0v) is 18.9. The quantitative estimate of drug-likeness (QED) is 0.553. The Balaban J connectivity index is 0.990. The number of rotatable bonds is 9. The van der Waals surface area contributed by atoms with Crippen molar-refractivity contribution in [2.45, 2.75) is 18.8 Å². The highest BCUT2D eigenvalue weighted by molar-refractivity contribution is 5.84. The molecule has 2 aliphatic carbocycles. The molecule has 0 radical (unpaired) electrons. The van der Waals surface area contributed by atoms with Gasteiger partial charge in [0.25, 0.3) is 0 Å². The van der Waals surface area contributed by atoms with Gasteiger partial charge in [0.2, 0.25) is 5.91 Å². The average molecular weight is 465 g/mol. The van der Waals surface area contributed by atoms with E-state index in [0.717, 1.165) is 11.1 Å². The summed E-state index contributed by atoms with van der Waals surface area (Å²) in [7, 11) is 0. The first kappa shape index (κ1) is 22.4. The number of nitrogens with zero attached hydrogens (tertiary/aromatic N) is 1. The second-order valence-electron chi connectivity index (χ2n) is 9.25. The standard InChI is InChI=1S/C26H28N2O6/c29-23(28-14-17-13-26(17,16-28)24(30)31)9-11-33-12-10-27-25(32)34-15-22-20-7-3-1-5-18(20)19-6-2-4-8-21(19)22/h1-8,17,22H,9-16H2,(H,27,32)(H,30,31). The van der Waals surface area contributed by atoms with E-state index < -0.39 is 17.5 Å². The first-order valence-corrected chi connectivity index (χ1v) is 11.7. The van der Waals surface area contributed by atoms with Crippen LogP contribution in [-0.2, 0) is 19.1 Å². The molecule has 178 valence electrons. The second kappa shape index (κ2) is 9.10. The summed E-state index contributed by atoms with van der Waals surface area (Å²) >= 11 is 0. The molecule has 1 saturated carbocycles. The van der Waals surface area contributed by atoms with Gasteiger partial charge in [0.15, 0.2) is 0 Å². The van der Waals surface area contributed by atoms with E-state index in [9.17, 15) is 19.5 Å². The molecule has 2 aromatic rings. The van der Waals surface area contributed by atoms with Crippen molar-refractivity contribution in [1.82, 2.24) is 10.2 Å². The van der Waals surface area contributed by atoms with Crippen LogP contribution in [0.15, 0.2) is 48.5 Å². The third-order valence-corrected chi connectivity index (χ3v) is 7.24. The van der Waals surface area contributed by atoms with Crippen LogP contribution in [0.25, 0.3) is 11.1 Å². The first-order chi connectivity index (χ1) is 16.5. The molecular formula is C26H28N2O6. The van der Waals surface area contributed by atoms with Crippen molar-refractivity contribution in [3.63, 3.8) is 0 Å². The highest BCUT2D eigenvalue weighted by atomic mass is 16.5. The number of aliphatic carboxylic acids is 1. The van der Waals surface area contributed by atoms with Gasteiger partial charge < -0.3 is 24.8 Å². The van der Waals surface area contributed by atoms with E-state index in [4.69, 9.17) is 9.47 Å². The maximum absolute atomic E-state index is 12.3. The van der Waals surface area contributed by atoms with Gasteiger partial charge in [0, 0.05) is 25.6 Å². The van der Waals surface area contributed by atoms with Crippen LogP contribution in [0, 0.1) is 11.3 Å². The smallest absolute Gasteiger partial charge is 0.407 e. The maximum atomic E-state index is 12.3. The number of carbonyl (C=O) groups is 3. The van der Waals surface area contributed by atoms with Crippen LogP contribution in [0.4, 0.5) is 4.79 Å². The van der Waals surface area contributed by atoms with Gasteiger partial charge in [0.05, 0.1) is 25.0 Å². The van der Waals surface area contributed by atoms with Gasteiger partial charge in [-0.3, -0.25) is 9.59 Å². The molecule has 8 nitrogen and oxygen atoms in total. The molecule has 2 atom stereocenters. The number of hydrogen-bond acceptors (Lipinski definition) is 5. The van der Waals surface area contributed by atoms with Crippen LogP contribution in [0.1, 0.15) is 29.9 Å². The highest BCUT2D eigenvalue weighted by Gasteiger charge is 2.66. The van der Waals surface area contributed by atoms with E-state index in [2.05, 4.69) is 29.6 Å². The van der Waals surface area contributed by atoms with Crippen molar-refractivity contribution in [3.8, 4) is 11.1 Å². The zero-order valence-electron chi connectivity index (χ0n) is 18.9. The van der Waals surface area contributed by atoms with Crippen molar-refractivity contribution >= 4 is 18.0 Å². The number of amides is 2. The monoisotopic (exact) mass is 464 g/mol. The Hall–Kier alpha value is -3.39. The van der Waals surface area contributed by atoms with Crippen molar-refractivity contribution in [2.24, 2.45) is 11.3 Å². The SMILES string of the molecule is O=C(NCCOCCC(=O)N1CC2CC2(C(=O)O)C1)OCC1c2ccccc2-c2ccccc21. The Bertz CT molecular complexity index is 1070. The summed E-state index contributed by atoms with van der Waals surface area (Å²) in [5.41, 5.74) is 3.98. The first-order valence-electron chi connectivity index (χ1n) is 11.7. The zero-order chi connectivity index (χ0) is 23.7. The highest BCUT2D eigenvalue weighted by Crippen LogP contribution is 2.57. The number of fused-ring (bicyclic) bond motifs is 4. The number of carbonyl (C=O) groups excluding carboxylic acids is 2. The summed E-state index contributed by atoms with van der Waals surface area (Å²) in [5.74, 6) is -0.783. The summed E-state index contributed by atoms with van der Waals surface area (Å²) in [6, 6.07) is 16.3. The third kappa shape index (κ3) is 4.14. The van der Waals surface area contributed by atoms with Crippen LogP contribution >= 0.6 is 0 Å². The molecule has 2 amide bonds. The van der Waals surface area contributed by atoms with Gasteiger partial charge in [0.1, 0.15) is 6.61 Å². The number of ether oxygens (including phenoxy) is 2. The van der Waals surface area contributed by atoms with E-state index >= 15 is 0 Å². The summed E-state index contributed by atoms with van der Waals surface area (Å²) < 4.78 is 10.9. The molecule has 0 aromatic heterocycles. The Labute approximate surface area is 197 Å². The fraction of sp³-hybridized carbons (Fsp3) is 0.423. The predicted octanol–water partition coefficient (Wildman–Crippen LogP) is 2.86. The Morgan fingerprint density at radius 2 is 1.71 bits per heavy atom. The molecule has 1 heterocycles. The molecule has 0 bridgehead atoms. The molecule has 3 aliphatic rings. The molecule has 1 aliphatic heterocycles. The van der Waals surface area contributed by atoms with Crippen molar-refractivity contribution < 1.29 is 29.0 Å². The van der Waals surface area contributed by atoms with Gasteiger partial charge in [-0.2, -0.15) is 0 Å². The normalized spacial score (nSPS) is 22.0. The topological polar surface area (TPSA) is 105 Å². The Morgan fingerprint density at radius 1 is 1.03 bits per heavy atom. The third-order valence-electron chi connectivity index (χ3n) is 7.24. The largest absolute Gasteiger partial charge is 0.481 e. The number of alkyl carbamates (subject to hydrolysis) is 1. The van der Waals surface area contributed by atoms with E-state index in [-0.39, 0.29) is 50.5 Å². The van der Waals surface area contributed by atoms with Crippen LogP contribution in [0.3, 0.4) is 0 Å². The van der Waals surface area contributed by atoms with Crippen LogP contribution < -0.4 is 5.32 Å². The second-order valence-corrected chi connectivity index (χ2v) is 9.25. The van der Waals surface area contributed by atoms with E-state index in [0.29, 0.717) is 19.5 Å². The Kier molecular flexibility index (Phi) is 6.00. The lowest BCUT2D eigenvalue weighted by atomic mass is 9.98. The Morgan fingerprint density at radius 3 is 2.35 bits per heavy atom. The summed E-state index contributed by atoms with van der Waals surface area (Å²) in [6.07, 6.45) is 0.370. The molecule has 2 unspecified atom stereocenters. The molecule has 0 spiro atoms. The number of carboxylic acids is 1. The minimum Gasteiger partial charge on any atom is -0.481 e. The van der Waals surface area contributed by atoms with Crippen molar-refractivity contribution in [1.29, 1.82) is 0 Å². The average Bonchev–Trinajstić information content (AvgIpc) is 3.27. The van der Waals surface area contributed by atoms with Gasteiger partial charge in [-0.05, 0) is 34.6 Å². The molecule has 1 saturated heterocycles. The summed E-state index contributed by atoms with van der Waals surface area (Å²) in [4.78, 5) is 37.4. The number of nitrogens with one attached hydrogen (secondary N) is 1. The van der Waals surface area contributed by atoms with Crippen molar-refractivity contribution in [3.05, 3.63) is 59.7 Å². The number of hydrogen-bond donors (Lipinski definition) is 2. The fourth-order valence-electron chi connectivity index (χ4n) is 5.30. The predicted molar refractivity (Wildman–Crippen MR) is 123 cm³/mol. The minimum atomic E-state index is -0.802. The molecule has 34 heavy (non-hydrogen) atoms. The van der Waals surface area contributed by atoms with E-state index in [1.807, 2.05) is 24.3 Å². The van der Waals surface area contributed by atoms with Gasteiger partial charge in [-0.25, -0.2) is 4.79 Å². The van der Waals surface area contributed by atoms with E-state index in [1.165, 1.54) is 11.1 Å². The van der Waals surface area contributed by atoms with Crippen LogP contribution in [-0.4, -0.2) is 67.4 Å². The molecule has 8 heteroatoms. The molecule has 5 rings (SSSR count). The molecule has 2 N–H and O–H groups in total. The fourth-order valence-corrected chi connectivity index (χ4v) is 5.30. The number of piperidine rings is 1. The molecular weight excluding hydrogens is 436 g/mol. The molecule has 2 fully saturated rings. The lowest BCUT2D eigenvalue weighted by molar-refractivity contribution is -0.144. The lowest BCUT2D eigenvalue weighted by Crippen LogP contribution is -2.34. The lowest BCUT2D eigenvalue weighted by Gasteiger charge is -2.19. The summed E-state index contributed by atoms with van der Waals surface area (Å²) in [6.45, 7) is 1.85. The van der Waals surface area contributed by atoms with E-state index in [1.54, 1.807) is 4.90 Å². The number of carboxylic acid groups (broad SMARTS) is 1. The van der Waals surface area contributed by atoms with Gasteiger partial charge in [-0.15, -0.1) is 0 Å². The summed E-state index contributed by atoms with van der Waals surface area (Å²) in [5, 5.41) is 12.0.